The number of hydrogen-bond donors (Lipinski definition) is 1. The predicted octanol–water partition coefficient (Wildman–Crippen LogP) is 7.49. The van der Waals surface area contributed by atoms with Crippen molar-refractivity contribution in [1.82, 2.24) is 9.88 Å². The lowest BCUT2D eigenvalue weighted by Gasteiger charge is -2.40. The van der Waals surface area contributed by atoms with Gasteiger partial charge in [0.1, 0.15) is 22.9 Å². The van der Waals surface area contributed by atoms with Gasteiger partial charge in [0.25, 0.3) is 0 Å². The van der Waals surface area contributed by atoms with Crippen molar-refractivity contribution in [2.45, 2.75) is 90.9 Å². The summed E-state index contributed by atoms with van der Waals surface area (Å²) in [4.78, 5) is 31.8. The number of hydrogen-bond acceptors (Lipinski definition) is 7. The Morgan fingerprint density at radius 1 is 1.16 bits per heavy atom. The van der Waals surface area contributed by atoms with E-state index in [0.29, 0.717) is 12.3 Å². The number of anilines is 1. The van der Waals surface area contributed by atoms with Crippen LogP contribution in [0.1, 0.15) is 89.2 Å². The summed E-state index contributed by atoms with van der Waals surface area (Å²) < 4.78 is 43.4. The van der Waals surface area contributed by atoms with E-state index >= 15 is 8.78 Å². The second-order valence-electron chi connectivity index (χ2n) is 13.5. The Morgan fingerprint density at radius 2 is 1.84 bits per heavy atom. The summed E-state index contributed by atoms with van der Waals surface area (Å²) in [5, 5.41) is 13.2. The largest absolute Gasteiger partial charge is 0.458 e. The third-order valence-corrected chi connectivity index (χ3v) is 8.84. The fourth-order valence-electron chi connectivity index (χ4n) is 6.06. The number of rotatable bonds is 7. The van der Waals surface area contributed by atoms with Crippen molar-refractivity contribution in [3.63, 3.8) is 0 Å². The van der Waals surface area contributed by atoms with Crippen molar-refractivity contribution in [3.8, 4) is 6.07 Å². The number of aromatic nitrogens is 1. The zero-order chi connectivity index (χ0) is 32.6. The van der Waals surface area contributed by atoms with Crippen LogP contribution in [0.2, 0.25) is 5.02 Å². The molecule has 0 unspecified atom stereocenters. The SMILES string of the molecule is CC(C)[C@H]1CC[C@H](C)C[C@@H]1OC(=O)c1cnc(NC2CN(C(=O)OC(C)(C)C)C2)c(F)c1[C@](C)(C#N)c1cccc(Cl)c1F. The summed E-state index contributed by atoms with van der Waals surface area (Å²) in [6.07, 6.45) is 2.85. The first-order valence-electron chi connectivity index (χ1n) is 15.1. The van der Waals surface area contributed by atoms with Gasteiger partial charge in [0, 0.05) is 30.4 Å². The van der Waals surface area contributed by atoms with E-state index in [1.165, 1.54) is 36.2 Å². The standard InChI is InChI=1S/C33H41ClF2N4O4/c1-18(2)21-12-11-19(3)13-25(21)43-30(41)22-14-38-29(39-20-15-40(16-20)31(42)44-32(4,5)6)28(36)26(22)33(7,17-37)23-9-8-10-24(34)27(23)35/h8-10,14,18-21,25H,11-13,15-16H2,1-7H3,(H,38,39)/t19-,21+,25-,33+/m0/s1. The minimum atomic E-state index is -1.98. The molecule has 4 atom stereocenters. The highest BCUT2D eigenvalue weighted by Gasteiger charge is 2.43. The van der Waals surface area contributed by atoms with Crippen LogP contribution < -0.4 is 5.32 Å². The summed E-state index contributed by atoms with van der Waals surface area (Å²) in [7, 11) is 0. The van der Waals surface area contributed by atoms with Gasteiger partial charge in [-0.1, -0.05) is 50.9 Å². The van der Waals surface area contributed by atoms with Gasteiger partial charge < -0.3 is 19.7 Å². The van der Waals surface area contributed by atoms with Crippen LogP contribution in [0.15, 0.2) is 24.4 Å². The lowest BCUT2D eigenvalue weighted by molar-refractivity contribution is -0.0176. The number of carbonyl (C=O) groups is 2. The van der Waals surface area contributed by atoms with E-state index in [9.17, 15) is 14.9 Å². The summed E-state index contributed by atoms with van der Waals surface area (Å²) in [5.41, 5.74) is -3.46. The van der Waals surface area contributed by atoms with Crippen LogP contribution in [-0.4, -0.2) is 52.8 Å². The van der Waals surface area contributed by atoms with Crippen LogP contribution in [0.25, 0.3) is 0 Å². The Bertz CT molecular complexity index is 1450. The maximum atomic E-state index is 16.6. The molecule has 2 fully saturated rings. The quantitative estimate of drug-likeness (QED) is 0.316. The number of ether oxygens (including phenoxy) is 2. The molecule has 0 bridgehead atoms. The van der Waals surface area contributed by atoms with E-state index in [4.69, 9.17) is 21.1 Å². The van der Waals surface area contributed by atoms with Gasteiger partial charge in [0.15, 0.2) is 11.6 Å². The number of pyridine rings is 1. The molecule has 1 aromatic heterocycles. The molecule has 238 valence electrons. The predicted molar refractivity (Wildman–Crippen MR) is 163 cm³/mol. The van der Waals surface area contributed by atoms with Crippen molar-refractivity contribution in [2.24, 2.45) is 17.8 Å². The van der Waals surface area contributed by atoms with Gasteiger partial charge in [-0.05, 0) is 64.4 Å². The van der Waals surface area contributed by atoms with E-state index in [1.807, 2.05) is 6.07 Å². The summed E-state index contributed by atoms with van der Waals surface area (Å²) in [6, 6.07) is 5.79. The van der Waals surface area contributed by atoms with Crippen LogP contribution in [-0.2, 0) is 14.9 Å². The van der Waals surface area contributed by atoms with Crippen molar-refractivity contribution >= 4 is 29.5 Å². The Kier molecular flexibility index (Phi) is 9.79. The van der Waals surface area contributed by atoms with Crippen LogP contribution in [0.5, 0.6) is 0 Å². The molecule has 4 rings (SSSR count). The molecular formula is C33H41ClF2N4O4. The number of carbonyl (C=O) groups excluding carboxylic acids is 2. The molecule has 1 aliphatic heterocycles. The highest BCUT2D eigenvalue weighted by atomic mass is 35.5. The number of nitrogens with one attached hydrogen (secondary N) is 1. The zero-order valence-electron chi connectivity index (χ0n) is 26.3. The Morgan fingerprint density at radius 3 is 2.45 bits per heavy atom. The molecule has 1 saturated heterocycles. The van der Waals surface area contributed by atoms with Gasteiger partial charge in [-0.15, -0.1) is 0 Å². The third-order valence-electron chi connectivity index (χ3n) is 8.55. The molecule has 1 aromatic carbocycles. The van der Waals surface area contributed by atoms with Crippen LogP contribution in [0.3, 0.4) is 0 Å². The maximum absolute atomic E-state index is 16.6. The van der Waals surface area contributed by atoms with E-state index in [1.54, 1.807) is 20.8 Å². The summed E-state index contributed by atoms with van der Waals surface area (Å²) in [6.45, 7) is 13.3. The molecule has 2 aliphatic rings. The normalized spacial score (nSPS) is 22.0. The van der Waals surface area contributed by atoms with E-state index in [0.717, 1.165) is 12.8 Å². The first kappa shape index (κ1) is 33.4. The molecule has 1 aliphatic carbocycles. The van der Waals surface area contributed by atoms with Crippen LogP contribution >= 0.6 is 11.6 Å². The minimum Gasteiger partial charge on any atom is -0.458 e. The zero-order valence-corrected chi connectivity index (χ0v) is 27.1. The fourth-order valence-corrected chi connectivity index (χ4v) is 6.24. The van der Waals surface area contributed by atoms with Crippen molar-refractivity contribution < 1.29 is 27.8 Å². The number of nitriles is 1. The molecule has 1 amide bonds. The average Bonchev–Trinajstić information content (AvgIpc) is 2.90. The highest BCUT2D eigenvalue weighted by Crippen LogP contribution is 2.41. The lowest BCUT2D eigenvalue weighted by Crippen LogP contribution is -2.58. The number of halogens is 3. The van der Waals surface area contributed by atoms with E-state index < -0.39 is 40.8 Å². The smallest absolute Gasteiger partial charge is 0.410 e. The monoisotopic (exact) mass is 630 g/mol. The molecule has 8 nitrogen and oxygen atoms in total. The van der Waals surface area contributed by atoms with Gasteiger partial charge in [0.05, 0.1) is 22.7 Å². The van der Waals surface area contributed by atoms with Crippen LogP contribution in [0, 0.1) is 40.7 Å². The van der Waals surface area contributed by atoms with Gasteiger partial charge in [-0.25, -0.2) is 23.4 Å². The Balaban J connectivity index is 1.72. The summed E-state index contributed by atoms with van der Waals surface area (Å²) in [5.74, 6) is -2.22. The second-order valence-corrected chi connectivity index (χ2v) is 14.0. The number of benzene rings is 1. The number of amides is 1. The van der Waals surface area contributed by atoms with Crippen LogP contribution in [0.4, 0.5) is 19.4 Å². The van der Waals surface area contributed by atoms with Gasteiger partial charge in [0.2, 0.25) is 0 Å². The van der Waals surface area contributed by atoms with Gasteiger partial charge >= 0.3 is 12.1 Å². The van der Waals surface area contributed by atoms with E-state index in [2.05, 4.69) is 31.1 Å². The Labute approximate surface area is 263 Å². The highest BCUT2D eigenvalue weighted by molar-refractivity contribution is 6.30. The molecule has 44 heavy (non-hydrogen) atoms. The number of likely N-dealkylation sites (tertiary alicyclic amines) is 1. The first-order chi connectivity index (χ1) is 20.6. The molecule has 0 radical (unpaired) electrons. The number of nitrogens with zero attached hydrogens (tertiary/aromatic N) is 3. The fraction of sp³-hybridized carbons (Fsp3) is 0.576. The molecular weight excluding hydrogens is 590 g/mol. The van der Waals surface area contributed by atoms with Gasteiger partial charge in [-0.2, -0.15) is 5.26 Å². The van der Waals surface area contributed by atoms with Crippen molar-refractivity contribution in [3.05, 3.63) is 57.7 Å². The molecule has 1 N–H and O–H groups in total. The van der Waals surface area contributed by atoms with E-state index in [-0.39, 0.29) is 58.5 Å². The van der Waals surface area contributed by atoms with Gasteiger partial charge in [-0.3, -0.25) is 0 Å². The average molecular weight is 631 g/mol. The molecule has 1 saturated carbocycles. The second kappa shape index (κ2) is 12.9. The molecule has 2 heterocycles. The number of esters is 1. The maximum Gasteiger partial charge on any atom is 0.410 e. The first-order valence-corrected chi connectivity index (χ1v) is 15.4. The summed E-state index contributed by atoms with van der Waals surface area (Å²) >= 11 is 6.06. The molecule has 0 spiro atoms. The minimum absolute atomic E-state index is 0.122. The third kappa shape index (κ3) is 6.93. The van der Waals surface area contributed by atoms with Crippen molar-refractivity contribution in [2.75, 3.05) is 18.4 Å². The molecule has 2 aromatic rings. The Hall–Kier alpha value is -3.45. The van der Waals surface area contributed by atoms with Crippen molar-refractivity contribution in [1.29, 1.82) is 5.26 Å². The lowest BCUT2D eigenvalue weighted by atomic mass is 9.74. The molecule has 11 heteroatoms. The topological polar surface area (TPSA) is 105 Å².